The molecule has 1 saturated heterocycles. The molecule has 0 atom stereocenters. The fourth-order valence-corrected chi connectivity index (χ4v) is 3.36. The van der Waals surface area contributed by atoms with Crippen molar-refractivity contribution in [2.45, 2.75) is 13.5 Å². The van der Waals surface area contributed by atoms with Gasteiger partial charge in [0.05, 0.1) is 17.6 Å². The van der Waals surface area contributed by atoms with Crippen LogP contribution in [-0.4, -0.2) is 51.9 Å². The standard InChI is InChI=1S/C20H22N4O/c1-15-5-4-6-16(13-15)20(25)24-11-9-23(10-12-24)14-19-21-17-7-2-3-8-18(17)22-19/h2-8,13H,9-12,14H2,1H3,(H,21,22). The molecule has 0 radical (unpaired) electrons. The third-order valence-electron chi connectivity index (χ3n) is 4.74. The summed E-state index contributed by atoms with van der Waals surface area (Å²) in [6.45, 7) is 6.06. The molecule has 5 heteroatoms. The Morgan fingerprint density at radius 1 is 1.08 bits per heavy atom. The number of aryl methyl sites for hydroxylation is 1. The maximum atomic E-state index is 12.6. The lowest BCUT2D eigenvalue weighted by Crippen LogP contribution is -2.48. The molecular formula is C20H22N4O. The topological polar surface area (TPSA) is 52.2 Å². The molecule has 1 aliphatic heterocycles. The van der Waals surface area contributed by atoms with Gasteiger partial charge in [0.25, 0.3) is 5.91 Å². The second kappa shape index (κ2) is 6.69. The Labute approximate surface area is 147 Å². The normalized spacial score (nSPS) is 15.6. The number of nitrogens with zero attached hydrogens (tertiary/aromatic N) is 3. The number of rotatable bonds is 3. The van der Waals surface area contributed by atoms with Crippen molar-refractivity contribution in [1.29, 1.82) is 0 Å². The molecule has 3 aromatic rings. The monoisotopic (exact) mass is 334 g/mol. The van der Waals surface area contributed by atoms with Gasteiger partial charge in [0.1, 0.15) is 5.82 Å². The molecule has 128 valence electrons. The highest BCUT2D eigenvalue weighted by Crippen LogP contribution is 2.14. The molecule has 1 N–H and O–H groups in total. The SMILES string of the molecule is Cc1cccc(C(=O)N2CCN(Cc3nc4ccccc4[nH]3)CC2)c1. The highest BCUT2D eigenvalue weighted by atomic mass is 16.2. The molecule has 0 aliphatic carbocycles. The summed E-state index contributed by atoms with van der Waals surface area (Å²) in [6.07, 6.45) is 0. The van der Waals surface area contributed by atoms with Crippen molar-refractivity contribution >= 4 is 16.9 Å². The van der Waals surface area contributed by atoms with Crippen LogP contribution in [0, 0.1) is 6.92 Å². The summed E-state index contributed by atoms with van der Waals surface area (Å²) < 4.78 is 0. The molecule has 4 rings (SSSR count). The Morgan fingerprint density at radius 2 is 1.88 bits per heavy atom. The van der Waals surface area contributed by atoms with E-state index in [0.717, 1.165) is 60.7 Å². The van der Waals surface area contributed by atoms with E-state index in [1.54, 1.807) is 0 Å². The first-order chi connectivity index (χ1) is 12.2. The number of carbonyl (C=O) groups excluding carboxylic acids is 1. The lowest BCUT2D eigenvalue weighted by molar-refractivity contribution is 0.0626. The minimum Gasteiger partial charge on any atom is -0.341 e. The molecule has 2 aromatic carbocycles. The van der Waals surface area contributed by atoms with E-state index in [2.05, 4.69) is 14.9 Å². The molecule has 25 heavy (non-hydrogen) atoms. The lowest BCUT2D eigenvalue weighted by Gasteiger charge is -2.34. The van der Waals surface area contributed by atoms with Crippen molar-refractivity contribution in [1.82, 2.24) is 19.8 Å². The van der Waals surface area contributed by atoms with Crippen molar-refractivity contribution in [3.8, 4) is 0 Å². The van der Waals surface area contributed by atoms with E-state index in [1.165, 1.54) is 0 Å². The molecule has 0 bridgehead atoms. The van der Waals surface area contributed by atoms with Crippen molar-refractivity contribution < 1.29 is 4.79 Å². The number of hydrogen-bond donors (Lipinski definition) is 1. The quantitative estimate of drug-likeness (QED) is 0.801. The minimum atomic E-state index is 0.132. The van der Waals surface area contributed by atoms with Gasteiger partial charge in [-0.15, -0.1) is 0 Å². The molecule has 1 aromatic heterocycles. The number of fused-ring (bicyclic) bond motifs is 1. The van der Waals surface area contributed by atoms with Gasteiger partial charge in [-0.05, 0) is 31.2 Å². The fourth-order valence-electron chi connectivity index (χ4n) is 3.36. The van der Waals surface area contributed by atoms with E-state index in [-0.39, 0.29) is 5.91 Å². The summed E-state index contributed by atoms with van der Waals surface area (Å²) in [7, 11) is 0. The molecule has 0 saturated carbocycles. The smallest absolute Gasteiger partial charge is 0.253 e. The number of piperazine rings is 1. The average Bonchev–Trinajstić information content (AvgIpc) is 3.04. The first-order valence-corrected chi connectivity index (χ1v) is 8.71. The van der Waals surface area contributed by atoms with E-state index >= 15 is 0 Å². The molecular weight excluding hydrogens is 312 g/mol. The zero-order chi connectivity index (χ0) is 17.2. The lowest BCUT2D eigenvalue weighted by atomic mass is 10.1. The largest absolute Gasteiger partial charge is 0.341 e. The number of amides is 1. The molecule has 0 spiro atoms. The minimum absolute atomic E-state index is 0.132. The maximum Gasteiger partial charge on any atom is 0.253 e. The fraction of sp³-hybridized carbons (Fsp3) is 0.300. The first-order valence-electron chi connectivity index (χ1n) is 8.71. The predicted molar refractivity (Wildman–Crippen MR) is 98.5 cm³/mol. The van der Waals surface area contributed by atoms with Crippen molar-refractivity contribution in [3.63, 3.8) is 0 Å². The number of hydrogen-bond acceptors (Lipinski definition) is 3. The van der Waals surface area contributed by atoms with Crippen LogP contribution in [0.1, 0.15) is 21.7 Å². The van der Waals surface area contributed by atoms with Crippen LogP contribution in [0.5, 0.6) is 0 Å². The highest BCUT2D eigenvalue weighted by molar-refractivity contribution is 5.94. The third kappa shape index (κ3) is 3.42. The number of aromatic amines is 1. The predicted octanol–water partition coefficient (Wildman–Crippen LogP) is 2.83. The number of aromatic nitrogens is 2. The van der Waals surface area contributed by atoms with Crippen LogP contribution >= 0.6 is 0 Å². The van der Waals surface area contributed by atoms with Gasteiger partial charge in [0.2, 0.25) is 0 Å². The van der Waals surface area contributed by atoms with Gasteiger partial charge in [-0.3, -0.25) is 9.69 Å². The maximum absolute atomic E-state index is 12.6. The van der Waals surface area contributed by atoms with Crippen molar-refractivity contribution in [2.75, 3.05) is 26.2 Å². The Morgan fingerprint density at radius 3 is 2.64 bits per heavy atom. The Hall–Kier alpha value is -2.66. The van der Waals surface area contributed by atoms with Crippen LogP contribution in [-0.2, 0) is 6.54 Å². The molecule has 1 amide bonds. The summed E-state index contributed by atoms with van der Waals surface area (Å²) in [4.78, 5) is 24.9. The number of benzene rings is 2. The van der Waals surface area contributed by atoms with Gasteiger partial charge in [-0.25, -0.2) is 4.98 Å². The summed E-state index contributed by atoms with van der Waals surface area (Å²) in [5.41, 5.74) is 3.98. The van der Waals surface area contributed by atoms with Crippen LogP contribution in [0.25, 0.3) is 11.0 Å². The second-order valence-electron chi connectivity index (χ2n) is 6.64. The van der Waals surface area contributed by atoms with Gasteiger partial charge in [0, 0.05) is 31.7 Å². The molecule has 2 heterocycles. The van der Waals surface area contributed by atoms with E-state index in [9.17, 15) is 4.79 Å². The van der Waals surface area contributed by atoms with Crippen LogP contribution in [0.3, 0.4) is 0 Å². The van der Waals surface area contributed by atoms with Gasteiger partial charge in [-0.2, -0.15) is 0 Å². The van der Waals surface area contributed by atoms with Crippen molar-refractivity contribution in [2.24, 2.45) is 0 Å². The van der Waals surface area contributed by atoms with Crippen LogP contribution < -0.4 is 0 Å². The summed E-state index contributed by atoms with van der Waals surface area (Å²) >= 11 is 0. The molecule has 1 fully saturated rings. The summed E-state index contributed by atoms with van der Waals surface area (Å²) in [5, 5.41) is 0. The number of imidazole rings is 1. The van der Waals surface area contributed by atoms with E-state index < -0.39 is 0 Å². The molecule has 1 aliphatic rings. The van der Waals surface area contributed by atoms with Gasteiger partial charge in [0.15, 0.2) is 0 Å². The summed E-state index contributed by atoms with van der Waals surface area (Å²) in [5.74, 6) is 1.12. The number of nitrogens with one attached hydrogen (secondary N) is 1. The Balaban J connectivity index is 1.37. The van der Waals surface area contributed by atoms with E-state index in [1.807, 2.05) is 60.4 Å². The first kappa shape index (κ1) is 15.8. The van der Waals surface area contributed by atoms with Crippen molar-refractivity contribution in [3.05, 3.63) is 65.5 Å². The van der Waals surface area contributed by atoms with Crippen LogP contribution in [0.2, 0.25) is 0 Å². The van der Waals surface area contributed by atoms with E-state index in [4.69, 9.17) is 0 Å². The Kier molecular flexibility index (Phi) is 4.24. The zero-order valence-electron chi connectivity index (χ0n) is 14.4. The number of para-hydroxylation sites is 2. The highest BCUT2D eigenvalue weighted by Gasteiger charge is 2.22. The average molecular weight is 334 g/mol. The zero-order valence-corrected chi connectivity index (χ0v) is 14.4. The number of carbonyl (C=O) groups is 1. The van der Waals surface area contributed by atoms with Gasteiger partial charge >= 0.3 is 0 Å². The van der Waals surface area contributed by atoms with Gasteiger partial charge < -0.3 is 9.88 Å². The summed E-state index contributed by atoms with van der Waals surface area (Å²) in [6, 6.07) is 15.9. The Bertz CT molecular complexity index is 860. The number of H-pyrrole nitrogens is 1. The second-order valence-corrected chi connectivity index (χ2v) is 6.64. The molecule has 5 nitrogen and oxygen atoms in total. The third-order valence-corrected chi connectivity index (χ3v) is 4.74. The van der Waals surface area contributed by atoms with E-state index in [0.29, 0.717) is 0 Å². The van der Waals surface area contributed by atoms with Crippen LogP contribution in [0.15, 0.2) is 48.5 Å². The van der Waals surface area contributed by atoms with Crippen LogP contribution in [0.4, 0.5) is 0 Å². The van der Waals surface area contributed by atoms with Gasteiger partial charge in [-0.1, -0.05) is 29.8 Å². The molecule has 0 unspecified atom stereocenters.